The second-order valence-electron chi connectivity index (χ2n) is 16.8. The van der Waals surface area contributed by atoms with Gasteiger partial charge in [-0.05, 0) is 97.0 Å². The molecule has 1 aliphatic carbocycles. The number of piperazine rings is 1. The number of fused-ring (bicyclic) bond motifs is 2. The highest BCUT2D eigenvalue weighted by molar-refractivity contribution is 7.90. The molecule has 0 unspecified atom stereocenters. The quantitative estimate of drug-likeness (QED) is 0.133. The summed E-state index contributed by atoms with van der Waals surface area (Å²) in [5, 5.41) is 9.99. The number of benzene rings is 2. The lowest BCUT2D eigenvalue weighted by atomic mass is 9.72. The minimum Gasteiger partial charge on any atom is -0.455 e. The van der Waals surface area contributed by atoms with Crippen molar-refractivity contribution in [3.63, 3.8) is 0 Å². The van der Waals surface area contributed by atoms with Crippen LogP contribution in [0.15, 0.2) is 89.7 Å². The fourth-order valence-electron chi connectivity index (χ4n) is 8.50. The molecule has 2 saturated heterocycles. The Morgan fingerprint density at radius 2 is 1.80 bits per heavy atom. The standard InChI is InChI=1S/C44H48ClN9O5S/c1-44(2)13-9-32(38(24-44)30-3-5-33(45)6-4-30)28-52-15-17-53(18-16-52)34-7-8-37(40(22-34)59-35-21-31-10-14-46-41(31)47-25-35)43(55)50-60(56,57)36-23-39-42(48-26-36)54(51-49-39)27-29-11-19-58-20-12-29/h3-8,10,14,21-23,25-26,29H,9,11-13,15-20,24,27-28H2,1-2H3,(H,46,47)(H,50,55). The van der Waals surface area contributed by atoms with Gasteiger partial charge in [0.25, 0.3) is 15.9 Å². The van der Waals surface area contributed by atoms with Crippen molar-refractivity contribution in [1.82, 2.24) is 39.6 Å². The molecule has 0 bridgehead atoms. The fraction of sp³-hybridized carbons (Fsp3) is 0.386. The second-order valence-corrected chi connectivity index (χ2v) is 19.0. The van der Waals surface area contributed by atoms with E-state index in [4.69, 9.17) is 21.1 Å². The first-order valence-electron chi connectivity index (χ1n) is 20.5. The maximum Gasteiger partial charge on any atom is 0.268 e. The molecule has 2 aromatic carbocycles. The van der Waals surface area contributed by atoms with Gasteiger partial charge in [0.2, 0.25) is 0 Å². The van der Waals surface area contributed by atoms with Crippen LogP contribution in [-0.2, 0) is 21.3 Å². The SMILES string of the molecule is CC1(C)CCC(CN2CCN(c3ccc(C(=O)NS(=O)(=O)c4cnc5c(c4)nnn5CC4CCOCC4)c(Oc4cnc5[nH]ccc5c4)c3)CC2)=C(c2ccc(Cl)cc2)C1. The van der Waals surface area contributed by atoms with Crippen LogP contribution in [0.25, 0.3) is 27.8 Å². The molecule has 4 aromatic heterocycles. The van der Waals surface area contributed by atoms with E-state index in [2.05, 4.69) is 65.8 Å². The van der Waals surface area contributed by atoms with Crippen molar-refractivity contribution in [1.29, 1.82) is 0 Å². The topological polar surface area (TPSA) is 160 Å². The summed E-state index contributed by atoms with van der Waals surface area (Å²) in [7, 11) is -4.36. The molecule has 312 valence electrons. The van der Waals surface area contributed by atoms with Gasteiger partial charge in [0.1, 0.15) is 27.6 Å². The molecule has 0 atom stereocenters. The van der Waals surface area contributed by atoms with Crippen molar-refractivity contribution in [2.45, 2.75) is 57.4 Å². The number of carbonyl (C=O) groups is 1. The number of H-pyrrole nitrogens is 1. The third-order valence-electron chi connectivity index (χ3n) is 12.0. The van der Waals surface area contributed by atoms with Crippen LogP contribution in [0.4, 0.5) is 5.69 Å². The lowest BCUT2D eigenvalue weighted by Gasteiger charge is -2.39. The van der Waals surface area contributed by atoms with Crippen molar-refractivity contribution in [2.75, 3.05) is 50.8 Å². The number of hydrogen-bond donors (Lipinski definition) is 2. The summed E-state index contributed by atoms with van der Waals surface area (Å²) in [6.07, 6.45) is 9.65. The minimum atomic E-state index is -4.36. The molecule has 2 aliphatic heterocycles. The van der Waals surface area contributed by atoms with Gasteiger partial charge < -0.3 is 19.4 Å². The predicted molar refractivity (Wildman–Crippen MR) is 231 cm³/mol. The van der Waals surface area contributed by atoms with Gasteiger partial charge in [-0.15, -0.1) is 5.10 Å². The lowest BCUT2D eigenvalue weighted by molar-refractivity contribution is 0.0603. The summed E-state index contributed by atoms with van der Waals surface area (Å²) < 4.78 is 43.1. The highest BCUT2D eigenvalue weighted by atomic mass is 35.5. The Morgan fingerprint density at radius 3 is 2.60 bits per heavy atom. The Bertz CT molecular complexity index is 2680. The van der Waals surface area contributed by atoms with E-state index in [1.54, 1.807) is 29.2 Å². The van der Waals surface area contributed by atoms with Crippen molar-refractivity contribution in [3.8, 4) is 11.5 Å². The molecule has 0 radical (unpaired) electrons. The van der Waals surface area contributed by atoms with E-state index >= 15 is 0 Å². The zero-order valence-electron chi connectivity index (χ0n) is 33.7. The van der Waals surface area contributed by atoms with Gasteiger partial charge in [0.15, 0.2) is 5.65 Å². The van der Waals surface area contributed by atoms with Gasteiger partial charge in [0.05, 0.1) is 18.0 Å². The van der Waals surface area contributed by atoms with Crippen LogP contribution < -0.4 is 14.4 Å². The van der Waals surface area contributed by atoms with E-state index in [0.717, 1.165) is 80.9 Å². The molecule has 1 amide bonds. The van der Waals surface area contributed by atoms with Crippen molar-refractivity contribution < 1.29 is 22.7 Å². The number of allylic oxidation sites excluding steroid dienone is 1. The van der Waals surface area contributed by atoms with Crippen molar-refractivity contribution in [3.05, 3.63) is 101 Å². The van der Waals surface area contributed by atoms with Gasteiger partial charge in [-0.3, -0.25) is 9.69 Å². The number of halogens is 1. The molecule has 2 N–H and O–H groups in total. The Hall–Kier alpha value is -5.35. The number of aromatic amines is 1. The van der Waals surface area contributed by atoms with E-state index < -0.39 is 15.9 Å². The molecule has 3 aliphatic rings. The number of hydrogen-bond acceptors (Lipinski definition) is 11. The third-order valence-corrected chi connectivity index (χ3v) is 13.5. The van der Waals surface area contributed by atoms with E-state index in [9.17, 15) is 13.2 Å². The lowest BCUT2D eigenvalue weighted by Crippen LogP contribution is -2.47. The van der Waals surface area contributed by atoms with E-state index in [-0.39, 0.29) is 21.6 Å². The van der Waals surface area contributed by atoms with Gasteiger partial charge >= 0.3 is 0 Å². The fourth-order valence-corrected chi connectivity index (χ4v) is 9.56. The number of ether oxygens (including phenoxy) is 2. The van der Waals surface area contributed by atoms with Crippen LogP contribution in [0.3, 0.4) is 0 Å². The number of carbonyl (C=O) groups excluding carboxylic acids is 1. The highest BCUT2D eigenvalue weighted by Gasteiger charge is 2.30. The molecule has 16 heteroatoms. The van der Waals surface area contributed by atoms with Gasteiger partial charge in [-0.1, -0.05) is 48.4 Å². The summed E-state index contributed by atoms with van der Waals surface area (Å²) in [6.45, 7) is 10.9. The molecule has 9 rings (SSSR count). The molecule has 2 fully saturated rings. The summed E-state index contributed by atoms with van der Waals surface area (Å²) in [4.78, 5) is 30.4. The molecule has 0 spiro atoms. The molecule has 0 saturated carbocycles. The summed E-state index contributed by atoms with van der Waals surface area (Å²) in [5.41, 5.74) is 6.82. The summed E-state index contributed by atoms with van der Waals surface area (Å²) >= 11 is 6.25. The van der Waals surface area contributed by atoms with Crippen LogP contribution in [-0.4, -0.2) is 95.1 Å². The van der Waals surface area contributed by atoms with Gasteiger partial charge in [0, 0.05) is 80.8 Å². The van der Waals surface area contributed by atoms with E-state index in [1.165, 1.54) is 29.0 Å². The third kappa shape index (κ3) is 8.76. The van der Waals surface area contributed by atoms with Crippen LogP contribution in [0.1, 0.15) is 61.9 Å². The monoisotopic (exact) mass is 849 g/mol. The molecule has 6 heterocycles. The number of anilines is 1. The molecular weight excluding hydrogens is 802 g/mol. The smallest absolute Gasteiger partial charge is 0.268 e. The Balaban J connectivity index is 0.930. The number of pyridine rings is 2. The zero-order valence-corrected chi connectivity index (χ0v) is 35.3. The number of sulfonamides is 1. The highest BCUT2D eigenvalue weighted by Crippen LogP contribution is 2.43. The number of nitrogens with zero attached hydrogens (tertiary/aromatic N) is 7. The minimum absolute atomic E-state index is 0.0495. The van der Waals surface area contributed by atoms with Crippen LogP contribution in [0.2, 0.25) is 5.02 Å². The Morgan fingerprint density at radius 1 is 1.00 bits per heavy atom. The second kappa shape index (κ2) is 16.6. The summed E-state index contributed by atoms with van der Waals surface area (Å²) in [5.74, 6) is 0.125. The maximum atomic E-state index is 13.9. The number of amides is 1. The zero-order chi connectivity index (χ0) is 41.4. The van der Waals surface area contributed by atoms with Crippen LogP contribution >= 0.6 is 11.6 Å². The maximum absolute atomic E-state index is 13.9. The normalized spacial score (nSPS) is 18.0. The number of aromatic nitrogens is 6. The predicted octanol–water partition coefficient (Wildman–Crippen LogP) is 7.48. The first kappa shape index (κ1) is 40.1. The molecule has 14 nitrogen and oxygen atoms in total. The Kier molecular flexibility index (Phi) is 11.1. The van der Waals surface area contributed by atoms with E-state index in [0.29, 0.717) is 48.2 Å². The summed E-state index contributed by atoms with van der Waals surface area (Å²) in [6, 6.07) is 18.6. The van der Waals surface area contributed by atoms with Crippen molar-refractivity contribution in [2.24, 2.45) is 11.3 Å². The van der Waals surface area contributed by atoms with Gasteiger partial charge in [-0.25, -0.2) is 27.8 Å². The number of nitrogens with one attached hydrogen (secondary N) is 2. The van der Waals surface area contributed by atoms with Crippen LogP contribution in [0.5, 0.6) is 11.5 Å². The van der Waals surface area contributed by atoms with Crippen LogP contribution in [0, 0.1) is 11.3 Å². The largest absolute Gasteiger partial charge is 0.455 e. The first-order valence-corrected chi connectivity index (χ1v) is 22.4. The van der Waals surface area contributed by atoms with Gasteiger partial charge in [-0.2, -0.15) is 0 Å². The average molecular weight is 850 g/mol. The number of rotatable bonds is 11. The van der Waals surface area contributed by atoms with Crippen molar-refractivity contribution >= 4 is 61.0 Å². The molecular formula is C44H48ClN9O5S. The molecule has 6 aromatic rings. The van der Waals surface area contributed by atoms with E-state index in [1.807, 2.05) is 30.3 Å². The molecule has 60 heavy (non-hydrogen) atoms. The Labute approximate surface area is 354 Å². The first-order chi connectivity index (χ1) is 29.0. The average Bonchev–Trinajstić information content (AvgIpc) is 3.88.